The summed E-state index contributed by atoms with van der Waals surface area (Å²) in [6.07, 6.45) is 5.83. The van der Waals surface area contributed by atoms with Crippen molar-refractivity contribution < 1.29 is 4.79 Å². The molecule has 1 heterocycles. The van der Waals surface area contributed by atoms with E-state index in [-0.39, 0.29) is 18.5 Å². The molecule has 0 saturated heterocycles. The molecule has 1 unspecified atom stereocenters. The van der Waals surface area contributed by atoms with Crippen molar-refractivity contribution >= 4 is 5.91 Å². The summed E-state index contributed by atoms with van der Waals surface area (Å²) < 4.78 is 1.60. The molecular formula is C10H16N4O. The molecule has 1 saturated carbocycles. The molecule has 2 rings (SSSR count). The molecule has 3 N–H and O–H groups in total. The molecule has 1 amide bonds. The van der Waals surface area contributed by atoms with E-state index in [0.717, 1.165) is 0 Å². The molecule has 82 valence electrons. The minimum Gasteiger partial charge on any atom is -0.353 e. The maximum atomic E-state index is 11.4. The molecule has 5 nitrogen and oxygen atoms in total. The molecular weight excluding hydrogens is 192 g/mol. The average molecular weight is 208 g/mol. The zero-order valence-electron chi connectivity index (χ0n) is 8.60. The van der Waals surface area contributed by atoms with Crippen LogP contribution in [0, 0.1) is 5.92 Å². The molecule has 1 fully saturated rings. The van der Waals surface area contributed by atoms with Crippen molar-refractivity contribution in [1.82, 2.24) is 15.1 Å². The maximum absolute atomic E-state index is 11.4. The van der Waals surface area contributed by atoms with Crippen LogP contribution in [0.4, 0.5) is 0 Å². The SMILES string of the molecule is NC(CNC(=O)Cn1cccn1)C1CC1. The van der Waals surface area contributed by atoms with E-state index in [1.54, 1.807) is 23.1 Å². The van der Waals surface area contributed by atoms with Crippen LogP contribution in [0.25, 0.3) is 0 Å². The van der Waals surface area contributed by atoms with Gasteiger partial charge in [-0.1, -0.05) is 0 Å². The summed E-state index contributed by atoms with van der Waals surface area (Å²) in [5, 5.41) is 6.77. The van der Waals surface area contributed by atoms with Gasteiger partial charge in [0.15, 0.2) is 0 Å². The Kier molecular flexibility index (Phi) is 3.01. The van der Waals surface area contributed by atoms with Crippen LogP contribution in [0.5, 0.6) is 0 Å². The van der Waals surface area contributed by atoms with E-state index in [1.807, 2.05) is 0 Å². The Hall–Kier alpha value is -1.36. The fraction of sp³-hybridized carbons (Fsp3) is 0.600. The first-order chi connectivity index (χ1) is 7.25. The Bertz CT molecular complexity index is 318. The molecule has 1 aromatic rings. The van der Waals surface area contributed by atoms with E-state index >= 15 is 0 Å². The fourth-order valence-corrected chi connectivity index (χ4v) is 1.52. The third-order valence-corrected chi connectivity index (χ3v) is 2.63. The standard InChI is InChI=1S/C10H16N4O/c11-9(8-2-3-8)6-12-10(15)7-14-5-1-4-13-14/h1,4-5,8-9H,2-3,6-7,11H2,(H,12,15). The molecule has 0 aliphatic heterocycles. The lowest BCUT2D eigenvalue weighted by atomic mass is 10.2. The number of nitrogens with zero attached hydrogens (tertiary/aromatic N) is 2. The molecule has 0 radical (unpaired) electrons. The number of hydrogen-bond donors (Lipinski definition) is 2. The van der Waals surface area contributed by atoms with Gasteiger partial charge in [-0.15, -0.1) is 0 Å². The van der Waals surface area contributed by atoms with Crippen LogP contribution in [-0.4, -0.2) is 28.3 Å². The summed E-state index contributed by atoms with van der Waals surface area (Å²) >= 11 is 0. The summed E-state index contributed by atoms with van der Waals surface area (Å²) in [7, 11) is 0. The van der Waals surface area contributed by atoms with Gasteiger partial charge in [0, 0.05) is 25.0 Å². The van der Waals surface area contributed by atoms with Crippen molar-refractivity contribution in [2.24, 2.45) is 11.7 Å². The van der Waals surface area contributed by atoms with Gasteiger partial charge in [-0.3, -0.25) is 9.48 Å². The smallest absolute Gasteiger partial charge is 0.241 e. The second kappa shape index (κ2) is 4.44. The van der Waals surface area contributed by atoms with Crippen molar-refractivity contribution in [3.05, 3.63) is 18.5 Å². The molecule has 15 heavy (non-hydrogen) atoms. The number of amides is 1. The van der Waals surface area contributed by atoms with Crippen molar-refractivity contribution in [1.29, 1.82) is 0 Å². The third kappa shape index (κ3) is 3.06. The van der Waals surface area contributed by atoms with Gasteiger partial charge in [0.2, 0.25) is 5.91 Å². The minimum atomic E-state index is -0.0326. The van der Waals surface area contributed by atoms with Crippen molar-refractivity contribution in [2.45, 2.75) is 25.4 Å². The highest BCUT2D eigenvalue weighted by Crippen LogP contribution is 2.31. The Morgan fingerprint density at radius 3 is 3.07 bits per heavy atom. The lowest BCUT2D eigenvalue weighted by Gasteiger charge is -2.11. The lowest BCUT2D eigenvalue weighted by molar-refractivity contribution is -0.121. The topological polar surface area (TPSA) is 72.9 Å². The highest BCUT2D eigenvalue weighted by Gasteiger charge is 2.28. The molecule has 1 aliphatic rings. The normalized spacial score (nSPS) is 17.4. The Labute approximate surface area is 88.6 Å². The van der Waals surface area contributed by atoms with Gasteiger partial charge in [-0.2, -0.15) is 5.10 Å². The van der Waals surface area contributed by atoms with E-state index in [4.69, 9.17) is 5.73 Å². The van der Waals surface area contributed by atoms with Gasteiger partial charge in [-0.25, -0.2) is 0 Å². The second-order valence-electron chi connectivity index (χ2n) is 4.01. The monoisotopic (exact) mass is 208 g/mol. The van der Waals surface area contributed by atoms with E-state index in [9.17, 15) is 4.79 Å². The van der Waals surface area contributed by atoms with Gasteiger partial charge in [0.1, 0.15) is 6.54 Å². The molecule has 0 aromatic carbocycles. The number of carbonyl (C=O) groups is 1. The predicted molar refractivity (Wildman–Crippen MR) is 55.9 cm³/mol. The molecule has 0 bridgehead atoms. The summed E-state index contributed by atoms with van der Waals surface area (Å²) in [4.78, 5) is 11.4. The summed E-state index contributed by atoms with van der Waals surface area (Å²) in [6.45, 7) is 0.842. The van der Waals surface area contributed by atoms with Crippen LogP contribution in [0.3, 0.4) is 0 Å². The average Bonchev–Trinajstić information content (AvgIpc) is 2.95. The second-order valence-corrected chi connectivity index (χ2v) is 4.01. The largest absolute Gasteiger partial charge is 0.353 e. The highest BCUT2D eigenvalue weighted by molar-refractivity contribution is 5.75. The van der Waals surface area contributed by atoms with E-state index < -0.39 is 0 Å². The fourth-order valence-electron chi connectivity index (χ4n) is 1.52. The van der Waals surface area contributed by atoms with Crippen LogP contribution in [0.2, 0.25) is 0 Å². The third-order valence-electron chi connectivity index (χ3n) is 2.63. The number of carbonyl (C=O) groups excluding carboxylic acids is 1. The number of hydrogen-bond acceptors (Lipinski definition) is 3. The Morgan fingerprint density at radius 2 is 2.47 bits per heavy atom. The van der Waals surface area contributed by atoms with Crippen LogP contribution in [0.1, 0.15) is 12.8 Å². The number of aromatic nitrogens is 2. The summed E-state index contributed by atoms with van der Waals surface area (Å²) in [5.74, 6) is 0.588. The molecule has 5 heteroatoms. The van der Waals surface area contributed by atoms with Crippen molar-refractivity contribution in [3.63, 3.8) is 0 Å². The van der Waals surface area contributed by atoms with Gasteiger partial charge in [0.25, 0.3) is 0 Å². The maximum Gasteiger partial charge on any atom is 0.241 e. The quantitative estimate of drug-likeness (QED) is 0.700. The van der Waals surface area contributed by atoms with Gasteiger partial charge in [0.05, 0.1) is 0 Å². The first-order valence-corrected chi connectivity index (χ1v) is 5.25. The highest BCUT2D eigenvalue weighted by atomic mass is 16.2. The molecule has 1 aromatic heterocycles. The van der Waals surface area contributed by atoms with Gasteiger partial charge < -0.3 is 11.1 Å². The molecule has 1 aliphatic carbocycles. The van der Waals surface area contributed by atoms with Gasteiger partial charge in [-0.05, 0) is 24.8 Å². The Balaban J connectivity index is 1.68. The first kappa shape index (κ1) is 10.2. The summed E-state index contributed by atoms with van der Waals surface area (Å²) in [6, 6.07) is 1.91. The molecule has 0 spiro atoms. The zero-order valence-corrected chi connectivity index (χ0v) is 8.60. The van der Waals surface area contributed by atoms with Crippen LogP contribution in [-0.2, 0) is 11.3 Å². The Morgan fingerprint density at radius 1 is 1.67 bits per heavy atom. The molecule has 1 atom stereocenters. The van der Waals surface area contributed by atoms with Crippen LogP contribution >= 0.6 is 0 Å². The minimum absolute atomic E-state index is 0.0326. The summed E-state index contributed by atoms with van der Waals surface area (Å²) in [5.41, 5.74) is 5.86. The van der Waals surface area contributed by atoms with Crippen molar-refractivity contribution in [3.8, 4) is 0 Å². The van der Waals surface area contributed by atoms with E-state index in [0.29, 0.717) is 12.5 Å². The lowest BCUT2D eigenvalue weighted by Crippen LogP contribution is -2.39. The number of nitrogens with one attached hydrogen (secondary N) is 1. The van der Waals surface area contributed by atoms with E-state index in [2.05, 4.69) is 10.4 Å². The first-order valence-electron chi connectivity index (χ1n) is 5.25. The van der Waals surface area contributed by atoms with Crippen molar-refractivity contribution in [2.75, 3.05) is 6.54 Å². The van der Waals surface area contributed by atoms with Gasteiger partial charge >= 0.3 is 0 Å². The zero-order chi connectivity index (χ0) is 10.7. The number of nitrogens with two attached hydrogens (primary N) is 1. The van der Waals surface area contributed by atoms with Crippen LogP contribution < -0.4 is 11.1 Å². The predicted octanol–water partition coefficient (Wildman–Crippen LogP) is -0.263. The van der Waals surface area contributed by atoms with E-state index in [1.165, 1.54) is 12.8 Å². The van der Waals surface area contributed by atoms with Crippen LogP contribution in [0.15, 0.2) is 18.5 Å². The number of rotatable bonds is 5.